The number of aliphatic hydroxyl groups is 1. The highest BCUT2D eigenvalue weighted by Crippen LogP contribution is 2.12. The molecule has 0 aliphatic rings. The van der Waals surface area contributed by atoms with E-state index in [4.69, 9.17) is 10.8 Å². The lowest BCUT2D eigenvalue weighted by atomic mass is 10.2. The van der Waals surface area contributed by atoms with E-state index in [0.717, 1.165) is 12.3 Å². The molecule has 0 bridgehead atoms. The maximum absolute atomic E-state index is 8.68. The van der Waals surface area contributed by atoms with Crippen LogP contribution in [0.3, 0.4) is 0 Å². The molecule has 0 saturated heterocycles. The number of nitrogens with two attached hydrogens (primary N) is 1. The Bertz CT molecular complexity index is 70.0. The van der Waals surface area contributed by atoms with Gasteiger partial charge >= 0.3 is 0 Å². The second kappa shape index (κ2) is 6.01. The maximum Gasteiger partial charge on any atom is 0.0464 e. The molecule has 62 valence electrons. The topological polar surface area (TPSA) is 46.2 Å². The largest absolute Gasteiger partial charge is 0.396 e. The molecule has 10 heavy (non-hydrogen) atoms. The lowest BCUT2D eigenvalue weighted by Crippen LogP contribution is -2.15. The van der Waals surface area contributed by atoms with E-state index in [9.17, 15) is 0 Å². The van der Waals surface area contributed by atoms with Crippen LogP contribution in [0.1, 0.15) is 13.8 Å². The molecule has 0 fully saturated rings. The molecule has 0 aromatic carbocycles. The summed E-state index contributed by atoms with van der Waals surface area (Å²) in [5.41, 5.74) is 5.42. The molecule has 0 aliphatic heterocycles. The van der Waals surface area contributed by atoms with E-state index >= 15 is 0 Å². The third kappa shape index (κ3) is 5.09. The minimum Gasteiger partial charge on any atom is -0.396 e. The highest BCUT2D eigenvalue weighted by atomic mass is 32.2. The molecule has 3 heteroatoms. The van der Waals surface area contributed by atoms with Crippen molar-refractivity contribution in [1.29, 1.82) is 0 Å². The van der Waals surface area contributed by atoms with Gasteiger partial charge in [-0.15, -0.1) is 0 Å². The van der Waals surface area contributed by atoms with Crippen molar-refractivity contribution < 1.29 is 5.11 Å². The second-order valence-corrected chi connectivity index (χ2v) is 4.14. The Hall–Kier alpha value is 0.270. The maximum atomic E-state index is 8.68. The quantitative estimate of drug-likeness (QED) is 0.627. The Morgan fingerprint density at radius 3 is 2.50 bits per heavy atom. The van der Waals surface area contributed by atoms with Gasteiger partial charge in [-0.3, -0.25) is 0 Å². The predicted molar refractivity (Wildman–Crippen MR) is 47.2 cm³/mol. The summed E-state index contributed by atoms with van der Waals surface area (Å²) in [4.78, 5) is 0. The van der Waals surface area contributed by atoms with Gasteiger partial charge in [0, 0.05) is 18.4 Å². The molecule has 0 amide bonds. The van der Waals surface area contributed by atoms with Crippen molar-refractivity contribution in [1.82, 2.24) is 0 Å². The molecule has 0 aromatic heterocycles. The lowest BCUT2D eigenvalue weighted by molar-refractivity contribution is 0.250. The molecule has 0 saturated carbocycles. The Balaban J connectivity index is 3.17. The lowest BCUT2D eigenvalue weighted by Gasteiger charge is -2.10. The molecule has 0 rings (SSSR count). The molecule has 2 atom stereocenters. The molecule has 0 radical (unpaired) electrons. The smallest absolute Gasteiger partial charge is 0.0464 e. The van der Waals surface area contributed by atoms with Gasteiger partial charge in [0.05, 0.1) is 0 Å². The molecule has 3 N–H and O–H groups in total. The van der Waals surface area contributed by atoms with E-state index in [1.54, 1.807) is 0 Å². The van der Waals surface area contributed by atoms with Gasteiger partial charge < -0.3 is 10.8 Å². The first-order chi connectivity index (χ1) is 4.70. The van der Waals surface area contributed by atoms with Gasteiger partial charge in [0.1, 0.15) is 0 Å². The monoisotopic (exact) mass is 163 g/mol. The molecule has 0 aliphatic carbocycles. The molecular weight excluding hydrogens is 146 g/mol. The van der Waals surface area contributed by atoms with Crippen molar-refractivity contribution >= 4 is 11.8 Å². The summed E-state index contributed by atoms with van der Waals surface area (Å²) in [7, 11) is 0. The summed E-state index contributed by atoms with van der Waals surface area (Å²) >= 11 is 1.82. The minimum atomic E-state index is 0.282. The Morgan fingerprint density at radius 2 is 2.10 bits per heavy atom. The fourth-order valence-corrected chi connectivity index (χ4v) is 1.35. The second-order valence-electron chi connectivity index (χ2n) is 2.67. The SMILES string of the molecule is CC(CO)CSC(C)CN. The zero-order chi connectivity index (χ0) is 7.98. The highest BCUT2D eigenvalue weighted by Gasteiger charge is 2.03. The number of hydrogen-bond donors (Lipinski definition) is 2. The summed E-state index contributed by atoms with van der Waals surface area (Å²) in [5, 5.41) is 9.20. The van der Waals surface area contributed by atoms with Crippen LogP contribution < -0.4 is 5.73 Å². The van der Waals surface area contributed by atoms with Crippen molar-refractivity contribution in [2.75, 3.05) is 18.9 Å². The Kier molecular flexibility index (Phi) is 6.17. The van der Waals surface area contributed by atoms with Crippen LogP contribution in [0.2, 0.25) is 0 Å². The third-order valence-electron chi connectivity index (χ3n) is 1.31. The number of rotatable bonds is 5. The van der Waals surface area contributed by atoms with Crippen molar-refractivity contribution in [2.24, 2.45) is 11.7 Å². The summed E-state index contributed by atoms with van der Waals surface area (Å²) in [6, 6.07) is 0. The summed E-state index contributed by atoms with van der Waals surface area (Å²) < 4.78 is 0. The van der Waals surface area contributed by atoms with Gasteiger partial charge in [-0.25, -0.2) is 0 Å². The van der Waals surface area contributed by atoms with Gasteiger partial charge in [0.25, 0.3) is 0 Å². The van der Waals surface area contributed by atoms with E-state index in [-0.39, 0.29) is 6.61 Å². The standard InChI is InChI=1S/C7H17NOS/c1-6(4-9)5-10-7(2)3-8/h6-7,9H,3-5,8H2,1-2H3. The average Bonchev–Trinajstić information content (AvgIpc) is 1.99. The van der Waals surface area contributed by atoms with Crippen LogP contribution in [0.5, 0.6) is 0 Å². The molecule has 2 unspecified atom stereocenters. The first-order valence-electron chi connectivity index (χ1n) is 3.63. The molecule has 2 nitrogen and oxygen atoms in total. The number of aliphatic hydroxyl groups excluding tert-OH is 1. The minimum absolute atomic E-state index is 0.282. The highest BCUT2D eigenvalue weighted by molar-refractivity contribution is 7.99. The first kappa shape index (κ1) is 10.3. The molecule has 0 aromatic rings. The van der Waals surface area contributed by atoms with Crippen LogP contribution in [0.25, 0.3) is 0 Å². The first-order valence-corrected chi connectivity index (χ1v) is 4.68. The van der Waals surface area contributed by atoms with Crippen molar-refractivity contribution in [3.05, 3.63) is 0 Å². The van der Waals surface area contributed by atoms with Crippen LogP contribution >= 0.6 is 11.8 Å². The van der Waals surface area contributed by atoms with Crippen LogP contribution in [0.15, 0.2) is 0 Å². The Morgan fingerprint density at radius 1 is 1.50 bits per heavy atom. The summed E-state index contributed by atoms with van der Waals surface area (Å²) in [5.74, 6) is 1.41. The van der Waals surface area contributed by atoms with Crippen LogP contribution in [0.4, 0.5) is 0 Å². The van der Waals surface area contributed by atoms with E-state index in [1.165, 1.54) is 0 Å². The summed E-state index contributed by atoms with van der Waals surface area (Å²) in [6.07, 6.45) is 0. The van der Waals surface area contributed by atoms with Crippen molar-refractivity contribution in [2.45, 2.75) is 19.1 Å². The summed E-state index contributed by atoms with van der Waals surface area (Å²) in [6.45, 7) is 5.15. The van der Waals surface area contributed by atoms with E-state index in [2.05, 4.69) is 6.92 Å². The van der Waals surface area contributed by atoms with Gasteiger partial charge in [-0.1, -0.05) is 13.8 Å². The van der Waals surface area contributed by atoms with Gasteiger partial charge in [0.2, 0.25) is 0 Å². The number of thioether (sulfide) groups is 1. The van der Waals surface area contributed by atoms with Crippen LogP contribution in [0, 0.1) is 5.92 Å². The van der Waals surface area contributed by atoms with Gasteiger partial charge in [-0.05, 0) is 11.7 Å². The fourth-order valence-electron chi connectivity index (χ4n) is 0.449. The fraction of sp³-hybridized carbons (Fsp3) is 1.00. The van der Waals surface area contributed by atoms with Crippen LogP contribution in [-0.4, -0.2) is 29.3 Å². The van der Waals surface area contributed by atoms with Crippen molar-refractivity contribution in [3.8, 4) is 0 Å². The molecular formula is C7H17NOS. The van der Waals surface area contributed by atoms with E-state index in [0.29, 0.717) is 11.2 Å². The third-order valence-corrected chi connectivity index (χ3v) is 2.83. The van der Waals surface area contributed by atoms with E-state index < -0.39 is 0 Å². The van der Waals surface area contributed by atoms with Crippen molar-refractivity contribution in [3.63, 3.8) is 0 Å². The zero-order valence-corrected chi connectivity index (χ0v) is 7.53. The molecule has 0 heterocycles. The van der Waals surface area contributed by atoms with Gasteiger partial charge in [-0.2, -0.15) is 11.8 Å². The van der Waals surface area contributed by atoms with Gasteiger partial charge in [0.15, 0.2) is 0 Å². The predicted octanol–water partition coefficient (Wildman–Crippen LogP) is 0.695. The number of hydrogen-bond acceptors (Lipinski definition) is 3. The average molecular weight is 163 g/mol. The van der Waals surface area contributed by atoms with Crippen LogP contribution in [-0.2, 0) is 0 Å². The zero-order valence-electron chi connectivity index (χ0n) is 6.71. The molecule has 0 spiro atoms. The normalized spacial score (nSPS) is 16.8. The Labute approximate surface area is 67.2 Å². The van der Waals surface area contributed by atoms with E-state index in [1.807, 2.05) is 18.7 Å².